The molecule has 0 bridgehead atoms. The van der Waals surface area contributed by atoms with Crippen LogP contribution in [-0.4, -0.2) is 37.1 Å². The molecule has 0 spiro atoms. The maximum absolute atomic E-state index is 10.5. The lowest BCUT2D eigenvalue weighted by atomic mass is 10.1. The van der Waals surface area contributed by atoms with Crippen LogP contribution < -0.4 is 5.73 Å². The van der Waals surface area contributed by atoms with Gasteiger partial charge in [0.1, 0.15) is 6.23 Å². The van der Waals surface area contributed by atoms with E-state index in [9.17, 15) is 9.90 Å². The van der Waals surface area contributed by atoms with Crippen molar-refractivity contribution in [2.24, 2.45) is 5.73 Å². The zero-order valence-electron chi connectivity index (χ0n) is 9.78. The van der Waals surface area contributed by atoms with Crippen molar-refractivity contribution in [2.45, 2.75) is 11.4 Å². The van der Waals surface area contributed by atoms with Crippen molar-refractivity contribution in [3.8, 4) is 11.4 Å². The van der Waals surface area contributed by atoms with Gasteiger partial charge in [0.05, 0.1) is 5.75 Å². The highest BCUT2D eigenvalue weighted by atomic mass is 32.2. The van der Waals surface area contributed by atoms with Crippen LogP contribution in [0.4, 0.5) is 0 Å². The van der Waals surface area contributed by atoms with Crippen LogP contribution in [-0.2, 0) is 4.79 Å². The molecule has 19 heavy (non-hydrogen) atoms. The second-order valence-electron chi connectivity index (χ2n) is 3.68. The van der Waals surface area contributed by atoms with Crippen LogP contribution in [0.5, 0.6) is 0 Å². The SMILES string of the molecule is NC(O)c1ccccc1-c1nc(SCC(=O)O)n[nH]1. The molecule has 2 rings (SSSR count). The number of H-pyrrole nitrogens is 1. The lowest BCUT2D eigenvalue weighted by Crippen LogP contribution is -2.10. The fraction of sp³-hybridized carbons (Fsp3) is 0.182. The van der Waals surface area contributed by atoms with Gasteiger partial charge in [0, 0.05) is 11.1 Å². The van der Waals surface area contributed by atoms with Crippen LogP contribution in [0.25, 0.3) is 11.4 Å². The molecule has 7 nitrogen and oxygen atoms in total. The molecule has 0 amide bonds. The highest BCUT2D eigenvalue weighted by Gasteiger charge is 2.13. The Labute approximate surface area is 112 Å². The number of hydrogen-bond acceptors (Lipinski definition) is 6. The van der Waals surface area contributed by atoms with Crippen LogP contribution in [0.3, 0.4) is 0 Å². The van der Waals surface area contributed by atoms with Crippen molar-refractivity contribution in [3.05, 3.63) is 29.8 Å². The van der Waals surface area contributed by atoms with E-state index in [0.29, 0.717) is 22.1 Å². The predicted molar refractivity (Wildman–Crippen MR) is 69.3 cm³/mol. The Balaban J connectivity index is 2.25. The van der Waals surface area contributed by atoms with Gasteiger partial charge in [-0.2, -0.15) is 0 Å². The third-order valence-electron chi connectivity index (χ3n) is 2.32. The summed E-state index contributed by atoms with van der Waals surface area (Å²) in [5.74, 6) is -0.611. The summed E-state index contributed by atoms with van der Waals surface area (Å²) >= 11 is 1.01. The molecule has 0 saturated heterocycles. The van der Waals surface area contributed by atoms with Crippen LogP contribution in [0.2, 0.25) is 0 Å². The summed E-state index contributed by atoms with van der Waals surface area (Å²) in [4.78, 5) is 14.6. The van der Waals surface area contributed by atoms with Gasteiger partial charge >= 0.3 is 5.97 Å². The number of carboxylic acids is 1. The summed E-state index contributed by atoms with van der Waals surface area (Å²) in [7, 11) is 0. The van der Waals surface area contributed by atoms with Gasteiger partial charge in [-0.15, -0.1) is 5.10 Å². The van der Waals surface area contributed by atoms with E-state index >= 15 is 0 Å². The second-order valence-corrected chi connectivity index (χ2v) is 4.62. The number of aliphatic hydroxyl groups is 1. The van der Waals surface area contributed by atoms with Gasteiger partial charge in [0.2, 0.25) is 5.16 Å². The van der Waals surface area contributed by atoms with E-state index in [4.69, 9.17) is 10.8 Å². The van der Waals surface area contributed by atoms with Gasteiger partial charge in [0.25, 0.3) is 0 Å². The quantitative estimate of drug-likeness (QED) is 0.466. The Morgan fingerprint density at radius 1 is 1.47 bits per heavy atom. The number of nitrogens with two attached hydrogens (primary N) is 1. The summed E-state index contributed by atoms with van der Waals surface area (Å²) in [5.41, 5.74) is 6.62. The molecule has 0 aliphatic carbocycles. The number of carboxylic acid groups (broad SMARTS) is 1. The molecule has 0 saturated carbocycles. The fourth-order valence-corrected chi connectivity index (χ4v) is 2.05. The summed E-state index contributed by atoms with van der Waals surface area (Å²) in [6.07, 6.45) is -1.11. The Bertz CT molecular complexity index is 585. The topological polar surface area (TPSA) is 125 Å². The minimum Gasteiger partial charge on any atom is -0.481 e. The van der Waals surface area contributed by atoms with E-state index in [0.717, 1.165) is 11.8 Å². The van der Waals surface area contributed by atoms with Gasteiger partial charge in [-0.05, 0) is 0 Å². The van der Waals surface area contributed by atoms with Crippen LogP contribution >= 0.6 is 11.8 Å². The molecule has 5 N–H and O–H groups in total. The predicted octanol–water partition coefficient (Wildman–Crippen LogP) is 0.598. The number of nitrogens with one attached hydrogen (secondary N) is 1. The van der Waals surface area contributed by atoms with E-state index in [-0.39, 0.29) is 5.75 Å². The van der Waals surface area contributed by atoms with Gasteiger partial charge in [0.15, 0.2) is 5.82 Å². The average Bonchev–Trinajstić information content (AvgIpc) is 2.85. The second kappa shape index (κ2) is 5.83. The molecular formula is C11H12N4O3S. The first-order valence-corrected chi connectivity index (χ1v) is 6.36. The number of aliphatic hydroxyl groups excluding tert-OH is 1. The van der Waals surface area contributed by atoms with Gasteiger partial charge < -0.3 is 15.9 Å². The Morgan fingerprint density at radius 3 is 2.89 bits per heavy atom. The lowest BCUT2D eigenvalue weighted by molar-refractivity contribution is -0.133. The first-order valence-electron chi connectivity index (χ1n) is 5.38. The number of rotatable bonds is 5. The summed E-state index contributed by atoms with van der Waals surface area (Å²) in [5, 5.41) is 25.0. The molecule has 2 aromatic rings. The monoisotopic (exact) mass is 280 g/mol. The van der Waals surface area contributed by atoms with Crippen LogP contribution in [0.1, 0.15) is 11.8 Å². The van der Waals surface area contributed by atoms with E-state index in [1.807, 2.05) is 0 Å². The molecule has 1 aromatic heterocycles. The molecule has 0 aliphatic heterocycles. The fourth-order valence-electron chi connectivity index (χ4n) is 1.53. The first kappa shape index (κ1) is 13.5. The largest absolute Gasteiger partial charge is 0.481 e. The maximum atomic E-state index is 10.5. The molecule has 1 aromatic carbocycles. The normalized spacial score (nSPS) is 12.3. The number of aromatic amines is 1. The number of thioether (sulfide) groups is 1. The Morgan fingerprint density at radius 2 is 2.21 bits per heavy atom. The summed E-state index contributed by atoms with van der Waals surface area (Å²) in [6, 6.07) is 6.98. The van der Waals surface area contributed by atoms with Gasteiger partial charge in [-0.1, -0.05) is 36.0 Å². The standard InChI is InChI=1S/C11H12N4O3S/c12-9(18)6-3-1-2-4-7(6)10-13-11(15-14-10)19-5-8(16)17/h1-4,9,18H,5,12H2,(H,16,17)(H,13,14,15). The number of benzene rings is 1. The third kappa shape index (κ3) is 3.31. The minimum absolute atomic E-state index is 0.113. The van der Waals surface area contributed by atoms with E-state index in [2.05, 4.69) is 15.2 Å². The number of aromatic nitrogens is 3. The molecule has 1 unspecified atom stereocenters. The smallest absolute Gasteiger partial charge is 0.313 e. The number of aliphatic carboxylic acids is 1. The third-order valence-corrected chi connectivity index (χ3v) is 3.16. The van der Waals surface area contributed by atoms with Gasteiger partial charge in [-0.3, -0.25) is 9.89 Å². The first-order chi connectivity index (χ1) is 9.08. The highest BCUT2D eigenvalue weighted by Crippen LogP contribution is 2.25. The van der Waals surface area contributed by atoms with E-state index < -0.39 is 12.2 Å². The zero-order valence-corrected chi connectivity index (χ0v) is 10.6. The average molecular weight is 280 g/mol. The van der Waals surface area contributed by atoms with Crippen LogP contribution in [0.15, 0.2) is 29.4 Å². The zero-order chi connectivity index (χ0) is 13.8. The highest BCUT2D eigenvalue weighted by molar-refractivity contribution is 7.99. The van der Waals surface area contributed by atoms with Crippen molar-refractivity contribution >= 4 is 17.7 Å². The van der Waals surface area contributed by atoms with E-state index in [1.54, 1.807) is 24.3 Å². The number of hydrogen-bond donors (Lipinski definition) is 4. The number of nitrogens with zero attached hydrogens (tertiary/aromatic N) is 2. The lowest BCUT2D eigenvalue weighted by Gasteiger charge is -2.08. The minimum atomic E-state index is -1.11. The van der Waals surface area contributed by atoms with Crippen molar-refractivity contribution < 1.29 is 15.0 Å². The van der Waals surface area contributed by atoms with Gasteiger partial charge in [-0.25, -0.2) is 4.98 Å². The molecule has 0 radical (unpaired) electrons. The van der Waals surface area contributed by atoms with Crippen molar-refractivity contribution in [1.29, 1.82) is 0 Å². The van der Waals surface area contributed by atoms with Crippen molar-refractivity contribution in [1.82, 2.24) is 15.2 Å². The Kier molecular flexibility index (Phi) is 4.15. The molecule has 0 fully saturated rings. The molecular weight excluding hydrogens is 268 g/mol. The van der Waals surface area contributed by atoms with Crippen molar-refractivity contribution in [2.75, 3.05) is 5.75 Å². The Hall–Kier alpha value is -1.90. The molecule has 0 aliphatic rings. The van der Waals surface area contributed by atoms with E-state index in [1.165, 1.54) is 0 Å². The molecule has 1 heterocycles. The molecule has 8 heteroatoms. The molecule has 100 valence electrons. The maximum Gasteiger partial charge on any atom is 0.313 e. The molecule has 1 atom stereocenters. The van der Waals surface area contributed by atoms with Crippen LogP contribution in [0, 0.1) is 0 Å². The van der Waals surface area contributed by atoms with Crippen molar-refractivity contribution in [3.63, 3.8) is 0 Å². The summed E-state index contributed by atoms with van der Waals surface area (Å²) < 4.78 is 0. The number of carbonyl (C=O) groups is 1. The summed E-state index contributed by atoms with van der Waals surface area (Å²) in [6.45, 7) is 0.